The van der Waals surface area contributed by atoms with Crippen molar-refractivity contribution in [3.63, 3.8) is 0 Å². The molecule has 0 radical (unpaired) electrons. The molecule has 4 heteroatoms. The summed E-state index contributed by atoms with van der Waals surface area (Å²) >= 11 is 3.51. The van der Waals surface area contributed by atoms with E-state index in [4.69, 9.17) is 4.74 Å². The minimum atomic E-state index is -0.0966. The van der Waals surface area contributed by atoms with E-state index in [9.17, 15) is 4.79 Å². The van der Waals surface area contributed by atoms with Crippen LogP contribution in [-0.4, -0.2) is 30.0 Å². The predicted octanol–water partition coefficient (Wildman–Crippen LogP) is 2.48. The van der Waals surface area contributed by atoms with Gasteiger partial charge >= 0.3 is 0 Å². The van der Waals surface area contributed by atoms with E-state index in [0.29, 0.717) is 6.42 Å². The normalized spacial score (nSPS) is 20.5. The highest BCUT2D eigenvalue weighted by molar-refractivity contribution is 9.09. The summed E-state index contributed by atoms with van der Waals surface area (Å²) in [7, 11) is 0. The molecule has 1 amide bonds. The maximum atomic E-state index is 11.9. The van der Waals surface area contributed by atoms with Crippen molar-refractivity contribution in [1.82, 2.24) is 5.32 Å². The number of ether oxygens (including phenoxy) is 1. The summed E-state index contributed by atoms with van der Waals surface area (Å²) in [5.41, 5.74) is -0.0522. The molecular weight excluding hydrogens is 270 g/mol. The van der Waals surface area contributed by atoms with Crippen molar-refractivity contribution < 1.29 is 9.53 Å². The Morgan fingerprint density at radius 3 is 2.38 bits per heavy atom. The van der Waals surface area contributed by atoms with Gasteiger partial charge in [0.05, 0.1) is 5.54 Å². The average Bonchev–Trinajstić information content (AvgIpc) is 2.16. The van der Waals surface area contributed by atoms with Crippen LogP contribution >= 0.6 is 15.9 Å². The molecule has 3 nitrogen and oxygen atoms in total. The number of halogens is 1. The second-order valence-electron chi connectivity index (χ2n) is 5.81. The van der Waals surface area contributed by atoms with E-state index in [2.05, 4.69) is 42.0 Å². The lowest BCUT2D eigenvalue weighted by Crippen LogP contribution is -2.53. The Balaban J connectivity index is 2.52. The molecule has 0 unspecified atom stereocenters. The molecule has 1 aliphatic rings. The number of rotatable bonds is 3. The highest BCUT2D eigenvalue weighted by Crippen LogP contribution is 2.25. The molecule has 1 saturated heterocycles. The van der Waals surface area contributed by atoms with E-state index in [1.165, 1.54) is 0 Å². The number of amides is 1. The highest BCUT2D eigenvalue weighted by Gasteiger charge is 2.33. The van der Waals surface area contributed by atoms with Gasteiger partial charge in [0.1, 0.15) is 0 Å². The second-order valence-corrected chi connectivity index (χ2v) is 6.37. The molecule has 0 aromatic rings. The molecule has 1 N–H and O–H groups in total. The van der Waals surface area contributed by atoms with Crippen LogP contribution in [0.1, 0.15) is 40.0 Å². The van der Waals surface area contributed by atoms with Gasteiger partial charge in [0.25, 0.3) is 0 Å². The van der Waals surface area contributed by atoms with Gasteiger partial charge in [-0.1, -0.05) is 36.7 Å². The number of carbonyl (C=O) groups is 1. The van der Waals surface area contributed by atoms with Crippen molar-refractivity contribution in [2.24, 2.45) is 5.41 Å². The number of alkyl halides is 1. The van der Waals surface area contributed by atoms with Crippen LogP contribution in [-0.2, 0) is 9.53 Å². The van der Waals surface area contributed by atoms with Gasteiger partial charge in [0, 0.05) is 25.0 Å². The van der Waals surface area contributed by atoms with Crippen LogP contribution < -0.4 is 5.32 Å². The molecule has 0 spiro atoms. The van der Waals surface area contributed by atoms with E-state index in [0.717, 1.165) is 31.4 Å². The third kappa shape index (κ3) is 4.42. The SMILES string of the molecule is CC(C)(C)CC(=O)NC1(CBr)CCOCC1. The van der Waals surface area contributed by atoms with E-state index >= 15 is 0 Å². The number of hydrogen-bond acceptors (Lipinski definition) is 2. The largest absolute Gasteiger partial charge is 0.381 e. The van der Waals surface area contributed by atoms with Crippen LogP contribution in [0.4, 0.5) is 0 Å². The first kappa shape index (κ1) is 14.0. The van der Waals surface area contributed by atoms with Gasteiger partial charge in [-0.3, -0.25) is 4.79 Å². The van der Waals surface area contributed by atoms with Gasteiger partial charge in [-0.25, -0.2) is 0 Å². The first-order valence-corrected chi connectivity index (χ1v) is 6.94. The minimum Gasteiger partial charge on any atom is -0.381 e. The molecule has 1 heterocycles. The summed E-state index contributed by atoms with van der Waals surface area (Å²) in [5, 5.41) is 3.98. The van der Waals surface area contributed by atoms with E-state index < -0.39 is 0 Å². The first-order valence-electron chi connectivity index (χ1n) is 5.82. The molecule has 0 bridgehead atoms. The topological polar surface area (TPSA) is 38.3 Å². The molecule has 0 aromatic carbocycles. The second kappa shape index (κ2) is 5.50. The minimum absolute atomic E-state index is 0.0444. The Morgan fingerprint density at radius 2 is 1.94 bits per heavy atom. The summed E-state index contributed by atoms with van der Waals surface area (Å²) in [5.74, 6) is 0.147. The molecule has 0 aromatic heterocycles. The average molecular weight is 292 g/mol. The Labute approximate surface area is 106 Å². The van der Waals surface area contributed by atoms with Crippen LogP contribution in [0.3, 0.4) is 0 Å². The standard InChI is InChI=1S/C12H22BrNO2/c1-11(2,3)8-10(15)14-12(9-13)4-6-16-7-5-12/h4-9H2,1-3H3,(H,14,15). The Kier molecular flexibility index (Phi) is 4.80. The van der Waals surface area contributed by atoms with Crippen LogP contribution in [0.25, 0.3) is 0 Å². The molecule has 1 rings (SSSR count). The summed E-state index contributed by atoms with van der Waals surface area (Å²) < 4.78 is 5.34. The number of carbonyl (C=O) groups excluding carboxylic acids is 1. The lowest BCUT2D eigenvalue weighted by molar-refractivity contribution is -0.125. The summed E-state index contributed by atoms with van der Waals surface area (Å²) in [6.45, 7) is 7.72. The van der Waals surface area contributed by atoms with Crippen LogP contribution in [0.15, 0.2) is 0 Å². The van der Waals surface area contributed by atoms with Gasteiger partial charge in [-0.05, 0) is 18.3 Å². The quantitative estimate of drug-likeness (QED) is 0.812. The number of hydrogen-bond donors (Lipinski definition) is 1. The van der Waals surface area contributed by atoms with Crippen LogP contribution in [0.5, 0.6) is 0 Å². The molecule has 1 fully saturated rings. The first-order chi connectivity index (χ1) is 7.37. The molecule has 94 valence electrons. The fourth-order valence-corrected chi connectivity index (χ4v) is 2.58. The molecule has 0 aliphatic carbocycles. The van der Waals surface area contributed by atoms with Crippen molar-refractivity contribution in [1.29, 1.82) is 0 Å². The third-order valence-corrected chi connectivity index (χ3v) is 3.87. The Hall–Kier alpha value is -0.0900. The summed E-state index contributed by atoms with van der Waals surface area (Å²) in [4.78, 5) is 11.9. The van der Waals surface area contributed by atoms with Crippen molar-refractivity contribution in [3.8, 4) is 0 Å². The fraction of sp³-hybridized carbons (Fsp3) is 0.917. The molecule has 0 saturated carbocycles. The maximum absolute atomic E-state index is 11.9. The molecular formula is C12H22BrNO2. The summed E-state index contributed by atoms with van der Waals surface area (Å²) in [6.07, 6.45) is 2.37. The molecule has 16 heavy (non-hydrogen) atoms. The highest BCUT2D eigenvalue weighted by atomic mass is 79.9. The van der Waals surface area contributed by atoms with Gasteiger partial charge in [0.2, 0.25) is 5.91 Å². The van der Waals surface area contributed by atoms with Crippen molar-refractivity contribution in [2.75, 3.05) is 18.5 Å². The monoisotopic (exact) mass is 291 g/mol. The lowest BCUT2D eigenvalue weighted by atomic mass is 9.89. The Morgan fingerprint density at radius 1 is 1.38 bits per heavy atom. The van der Waals surface area contributed by atoms with E-state index in [1.54, 1.807) is 0 Å². The van der Waals surface area contributed by atoms with Crippen molar-refractivity contribution in [3.05, 3.63) is 0 Å². The zero-order valence-electron chi connectivity index (χ0n) is 10.4. The Bertz CT molecular complexity index is 242. The van der Waals surface area contributed by atoms with Gasteiger partial charge in [-0.2, -0.15) is 0 Å². The molecule has 1 aliphatic heterocycles. The summed E-state index contributed by atoms with van der Waals surface area (Å²) in [6, 6.07) is 0. The smallest absolute Gasteiger partial charge is 0.220 e. The van der Waals surface area contributed by atoms with Gasteiger partial charge < -0.3 is 10.1 Å². The maximum Gasteiger partial charge on any atom is 0.220 e. The lowest BCUT2D eigenvalue weighted by Gasteiger charge is -2.37. The van der Waals surface area contributed by atoms with Crippen LogP contribution in [0, 0.1) is 5.41 Å². The van der Waals surface area contributed by atoms with E-state index in [1.807, 2.05) is 0 Å². The zero-order valence-corrected chi connectivity index (χ0v) is 12.0. The van der Waals surface area contributed by atoms with Crippen LogP contribution in [0.2, 0.25) is 0 Å². The number of nitrogens with one attached hydrogen (secondary N) is 1. The van der Waals surface area contributed by atoms with Gasteiger partial charge in [0.15, 0.2) is 0 Å². The fourth-order valence-electron chi connectivity index (χ4n) is 1.88. The van der Waals surface area contributed by atoms with Crippen molar-refractivity contribution >= 4 is 21.8 Å². The molecule has 0 atom stereocenters. The predicted molar refractivity (Wildman–Crippen MR) is 68.8 cm³/mol. The van der Waals surface area contributed by atoms with Gasteiger partial charge in [-0.15, -0.1) is 0 Å². The third-order valence-electron chi connectivity index (χ3n) is 2.80. The van der Waals surface area contributed by atoms with Crippen molar-refractivity contribution in [2.45, 2.75) is 45.6 Å². The zero-order chi connectivity index (χ0) is 12.2. The van der Waals surface area contributed by atoms with E-state index in [-0.39, 0.29) is 16.9 Å².